The Bertz CT molecular complexity index is 2090. The molecule has 2 saturated carbocycles. The highest BCUT2D eigenvalue weighted by Gasteiger charge is 2.48. The van der Waals surface area contributed by atoms with Crippen molar-refractivity contribution >= 4 is 16.1 Å². The van der Waals surface area contributed by atoms with Gasteiger partial charge in [-0.05, 0) is 123 Å². The molecule has 1 aromatic heterocycles. The third-order valence-electron chi connectivity index (χ3n) is 10.1. The maximum Gasteiger partial charge on any atom is 0.417 e. The molecule has 2 fully saturated rings. The van der Waals surface area contributed by atoms with Crippen molar-refractivity contribution in [1.29, 1.82) is 0 Å². The van der Waals surface area contributed by atoms with Crippen molar-refractivity contribution in [2.75, 3.05) is 20.8 Å². The van der Waals surface area contributed by atoms with Gasteiger partial charge < -0.3 is 24.8 Å². The summed E-state index contributed by atoms with van der Waals surface area (Å²) in [6, 6.07) is 15.8. The van der Waals surface area contributed by atoms with Crippen molar-refractivity contribution in [1.82, 2.24) is 35.6 Å². The minimum absolute atomic E-state index is 0.0506. The summed E-state index contributed by atoms with van der Waals surface area (Å²) < 4.78 is 93.3. The fourth-order valence-electron chi connectivity index (χ4n) is 6.98. The van der Waals surface area contributed by atoms with Crippen molar-refractivity contribution in [3.63, 3.8) is 0 Å². The minimum Gasteiger partial charge on any atom is -0.497 e. The SMILES string of the molecule is COc1ccc(CNS(=O)(=O)c2c(C(F)(F)F)ccc(C3CCC(NCC4(OC(=O)NC(C)(C)C)CC4)CC3)c2-c2nnnn2Cc2ccc(OC)cc2)cc1. The first-order chi connectivity index (χ1) is 26.5. The van der Waals surface area contributed by atoms with Crippen LogP contribution in [0.5, 0.6) is 11.5 Å². The molecule has 17 heteroatoms. The summed E-state index contributed by atoms with van der Waals surface area (Å²) in [7, 11) is -1.82. The van der Waals surface area contributed by atoms with Crippen LogP contribution < -0.4 is 24.8 Å². The molecule has 2 aliphatic carbocycles. The van der Waals surface area contributed by atoms with E-state index in [4.69, 9.17) is 14.2 Å². The molecule has 0 bridgehead atoms. The summed E-state index contributed by atoms with van der Waals surface area (Å²) in [4.78, 5) is 11.5. The number of rotatable bonds is 14. The second-order valence-electron chi connectivity index (χ2n) is 15.5. The van der Waals surface area contributed by atoms with Crippen molar-refractivity contribution < 1.29 is 40.6 Å². The topological polar surface area (TPSA) is 159 Å². The van der Waals surface area contributed by atoms with Gasteiger partial charge in [0.15, 0.2) is 5.82 Å². The molecule has 13 nitrogen and oxygen atoms in total. The van der Waals surface area contributed by atoms with E-state index in [1.165, 1.54) is 25.0 Å². The number of tetrazole rings is 1. The molecule has 0 aliphatic heterocycles. The number of alkyl carbamates (subject to hydrolysis) is 1. The fourth-order valence-corrected chi connectivity index (χ4v) is 8.43. The molecule has 0 atom stereocenters. The van der Waals surface area contributed by atoms with Gasteiger partial charge in [0, 0.05) is 30.2 Å². The zero-order valence-electron chi connectivity index (χ0n) is 32.1. The number of aromatic nitrogens is 4. The average Bonchev–Trinajstić information content (AvgIpc) is 3.76. The van der Waals surface area contributed by atoms with Gasteiger partial charge in [0.05, 0.1) is 26.3 Å². The van der Waals surface area contributed by atoms with Crippen LogP contribution in [0.1, 0.15) is 87.5 Å². The Kier molecular flexibility index (Phi) is 12.0. The molecule has 3 N–H and O–H groups in total. The van der Waals surface area contributed by atoms with Crippen LogP contribution in [0.4, 0.5) is 18.0 Å². The molecular formula is C39H48F3N7O6S. The smallest absolute Gasteiger partial charge is 0.417 e. The first-order valence-electron chi connectivity index (χ1n) is 18.5. The van der Waals surface area contributed by atoms with Crippen molar-refractivity contribution in [3.8, 4) is 22.9 Å². The molecule has 1 amide bonds. The van der Waals surface area contributed by atoms with Gasteiger partial charge in [0.25, 0.3) is 0 Å². The largest absolute Gasteiger partial charge is 0.497 e. The predicted octanol–water partition coefficient (Wildman–Crippen LogP) is 6.58. The van der Waals surface area contributed by atoms with E-state index in [0.717, 1.165) is 24.5 Å². The van der Waals surface area contributed by atoms with E-state index in [-0.39, 0.29) is 36.4 Å². The van der Waals surface area contributed by atoms with E-state index in [2.05, 4.69) is 30.9 Å². The van der Waals surface area contributed by atoms with Gasteiger partial charge in [-0.25, -0.2) is 22.6 Å². The molecular weight excluding hydrogens is 752 g/mol. The Balaban J connectivity index is 1.32. The van der Waals surface area contributed by atoms with Gasteiger partial charge >= 0.3 is 12.3 Å². The lowest BCUT2D eigenvalue weighted by Crippen LogP contribution is -2.46. The average molecular weight is 800 g/mol. The fraction of sp³-hybridized carbons (Fsp3) is 0.487. The number of halogens is 3. The van der Waals surface area contributed by atoms with Crippen LogP contribution in [0, 0.1) is 0 Å². The lowest BCUT2D eigenvalue weighted by Gasteiger charge is -2.32. The van der Waals surface area contributed by atoms with Crippen LogP contribution in [0.25, 0.3) is 11.4 Å². The molecule has 0 radical (unpaired) electrons. The molecule has 4 aromatic rings. The van der Waals surface area contributed by atoms with Crippen LogP contribution >= 0.6 is 0 Å². The number of alkyl halides is 3. The van der Waals surface area contributed by atoms with E-state index >= 15 is 0 Å². The van der Waals surface area contributed by atoms with E-state index in [9.17, 15) is 26.4 Å². The summed E-state index contributed by atoms with van der Waals surface area (Å²) in [6.45, 7) is 5.90. The van der Waals surface area contributed by atoms with Crippen molar-refractivity contribution in [3.05, 3.63) is 82.9 Å². The second-order valence-corrected chi connectivity index (χ2v) is 17.2. The number of nitrogens with zero attached hydrogens (tertiary/aromatic N) is 4. The van der Waals surface area contributed by atoms with Crippen LogP contribution in [0.15, 0.2) is 65.6 Å². The predicted molar refractivity (Wildman–Crippen MR) is 202 cm³/mol. The maximum absolute atomic E-state index is 14.9. The summed E-state index contributed by atoms with van der Waals surface area (Å²) in [5.41, 5.74) is -0.867. The molecule has 56 heavy (non-hydrogen) atoms. The van der Waals surface area contributed by atoms with Gasteiger partial charge in [-0.15, -0.1) is 5.10 Å². The number of benzene rings is 3. The van der Waals surface area contributed by atoms with E-state index in [1.807, 2.05) is 20.8 Å². The Morgan fingerprint density at radius 3 is 2.05 bits per heavy atom. The van der Waals surface area contributed by atoms with Crippen LogP contribution in [-0.2, 0) is 34.0 Å². The third kappa shape index (κ3) is 9.97. The maximum atomic E-state index is 14.9. The van der Waals surface area contributed by atoms with Gasteiger partial charge in [0.2, 0.25) is 10.0 Å². The molecule has 0 saturated heterocycles. The summed E-state index contributed by atoms with van der Waals surface area (Å²) in [5.74, 6) is 0.741. The summed E-state index contributed by atoms with van der Waals surface area (Å²) >= 11 is 0. The number of sulfonamides is 1. The summed E-state index contributed by atoms with van der Waals surface area (Å²) in [5, 5.41) is 18.5. The first kappa shape index (κ1) is 40.9. The number of carbonyl (C=O) groups is 1. The quantitative estimate of drug-likeness (QED) is 0.127. The number of methoxy groups -OCH3 is 2. The number of hydrogen-bond acceptors (Lipinski definition) is 10. The Hall–Kier alpha value is -4.74. The van der Waals surface area contributed by atoms with Gasteiger partial charge in [-0.3, -0.25) is 0 Å². The molecule has 2 aliphatic rings. The number of carbonyl (C=O) groups excluding carboxylic acids is 1. The van der Waals surface area contributed by atoms with Crippen LogP contribution in [0.3, 0.4) is 0 Å². The van der Waals surface area contributed by atoms with Crippen molar-refractivity contribution in [2.24, 2.45) is 0 Å². The van der Waals surface area contributed by atoms with Gasteiger partial charge in [-0.2, -0.15) is 13.2 Å². The number of ether oxygens (including phenoxy) is 3. The van der Waals surface area contributed by atoms with Gasteiger partial charge in [0.1, 0.15) is 22.0 Å². The van der Waals surface area contributed by atoms with Crippen LogP contribution in [0.2, 0.25) is 0 Å². The monoisotopic (exact) mass is 799 g/mol. The number of nitrogens with one attached hydrogen (secondary N) is 3. The molecule has 3 aromatic carbocycles. The highest BCUT2D eigenvalue weighted by molar-refractivity contribution is 7.89. The lowest BCUT2D eigenvalue weighted by molar-refractivity contribution is -0.139. The first-order valence-corrected chi connectivity index (χ1v) is 20.0. The molecule has 0 spiro atoms. The van der Waals surface area contributed by atoms with E-state index in [0.29, 0.717) is 54.9 Å². The molecule has 1 heterocycles. The minimum atomic E-state index is -5.03. The zero-order valence-corrected chi connectivity index (χ0v) is 32.9. The highest BCUT2D eigenvalue weighted by atomic mass is 32.2. The number of hydrogen-bond donors (Lipinski definition) is 3. The zero-order chi connectivity index (χ0) is 40.3. The summed E-state index contributed by atoms with van der Waals surface area (Å²) in [6.07, 6.45) is -1.59. The lowest BCUT2D eigenvalue weighted by atomic mass is 9.79. The van der Waals surface area contributed by atoms with Crippen LogP contribution in [-0.4, -0.2) is 72.7 Å². The highest BCUT2D eigenvalue weighted by Crippen LogP contribution is 2.46. The van der Waals surface area contributed by atoms with Crippen molar-refractivity contribution in [2.45, 2.75) is 107 Å². The van der Waals surface area contributed by atoms with E-state index < -0.39 is 43.9 Å². The Labute approximate surface area is 324 Å². The standard InChI is InChI=1S/C39H48F3N7O6S/c1-37(2,3)45-36(50)55-38(20-21-38)24-43-28-12-10-27(11-13-28)31-18-19-32(39(40,41)42)34(56(51,52)44-22-25-6-14-29(53-4)15-7-25)33(31)35-46-47-48-49(35)23-26-8-16-30(54-5)17-9-26/h6-9,14-19,27-28,43-44H,10-13,20-24H2,1-5H3,(H,45,50). The van der Waals surface area contributed by atoms with E-state index in [1.54, 1.807) is 48.5 Å². The second kappa shape index (κ2) is 16.4. The molecule has 302 valence electrons. The molecule has 6 rings (SSSR count). The molecule has 0 unspecified atom stereocenters. The third-order valence-corrected chi connectivity index (χ3v) is 11.6. The van der Waals surface area contributed by atoms with Gasteiger partial charge in [-0.1, -0.05) is 30.3 Å². The Morgan fingerprint density at radius 2 is 1.50 bits per heavy atom. The normalized spacial score (nSPS) is 18.3. The number of amides is 1. The Morgan fingerprint density at radius 1 is 0.893 bits per heavy atom.